The van der Waals surface area contributed by atoms with Crippen LogP contribution in [-0.2, 0) is 9.13 Å². The van der Waals surface area contributed by atoms with E-state index in [1.807, 2.05) is 0 Å². The zero-order chi connectivity index (χ0) is 11.4. The molecule has 0 aliphatic carbocycles. The third kappa shape index (κ3) is 16.2. The molecule has 3 N–H and O–H groups in total. The molecule has 0 aliphatic heterocycles. The number of aliphatic hydroxyl groups is 1. The van der Waals surface area contributed by atoms with E-state index in [9.17, 15) is 18.9 Å². The average Bonchev–Trinajstić information content (AvgIpc) is 1.78. The van der Waals surface area contributed by atoms with Gasteiger partial charge in [-0.15, -0.1) is 0 Å². The summed E-state index contributed by atoms with van der Waals surface area (Å²) in [5.41, 5.74) is 0. The molecule has 0 fully saturated rings. The van der Waals surface area contributed by atoms with Crippen LogP contribution < -0.4 is 68.9 Å². The molecular weight excluding hydrogens is 282 g/mol. The Morgan fingerprint density at radius 1 is 1.06 bits per heavy atom. The van der Waals surface area contributed by atoms with E-state index < -0.39 is 34.4 Å². The second-order valence-corrected chi connectivity index (χ2v) is 5.79. The average molecular weight is 293 g/mol. The summed E-state index contributed by atoms with van der Waals surface area (Å²) in [4.78, 5) is 38.3. The standard InChI is InChI=1S/C4H13NO7P2.2Na/c6-2-1-5(3-13(7,8)9)4-14(10,11)12;;/h6H,1-4H2,(H2,7,8,9)(H2,10,11,12);;/q;2*+1/p-2. The zero-order valence-electron chi connectivity index (χ0n) is 9.14. The molecule has 0 aliphatic rings. The van der Waals surface area contributed by atoms with E-state index in [0.717, 1.165) is 0 Å². The van der Waals surface area contributed by atoms with Gasteiger partial charge in [-0.3, -0.25) is 9.46 Å². The second-order valence-electron chi connectivity index (χ2n) is 2.68. The molecule has 16 heavy (non-hydrogen) atoms. The summed E-state index contributed by atoms with van der Waals surface area (Å²) < 4.78 is 20.8. The third-order valence-corrected chi connectivity index (χ3v) is 2.69. The fourth-order valence-corrected chi connectivity index (χ4v) is 2.48. The number of rotatable bonds is 6. The van der Waals surface area contributed by atoms with E-state index >= 15 is 0 Å². The first-order valence-corrected chi connectivity index (χ1v) is 7.05. The molecule has 0 spiro atoms. The predicted octanol–water partition coefficient (Wildman–Crippen LogP) is -8.70. The maximum atomic E-state index is 10.5. The minimum absolute atomic E-state index is 0. The van der Waals surface area contributed by atoms with Gasteiger partial charge >= 0.3 is 66.7 Å². The van der Waals surface area contributed by atoms with Gasteiger partial charge in [0, 0.05) is 12.8 Å². The fourth-order valence-electron chi connectivity index (χ4n) is 0.833. The zero-order valence-corrected chi connectivity index (χ0v) is 14.9. The Labute approximate surface area is 137 Å². The van der Waals surface area contributed by atoms with Gasteiger partial charge in [-0.05, 0) is 0 Å². The van der Waals surface area contributed by atoms with Crippen molar-refractivity contribution in [3.8, 4) is 0 Å². The van der Waals surface area contributed by atoms with Gasteiger partial charge in [0.15, 0.2) is 0 Å². The van der Waals surface area contributed by atoms with Crippen molar-refractivity contribution in [3.63, 3.8) is 0 Å². The summed E-state index contributed by atoms with van der Waals surface area (Å²) in [6.45, 7) is -0.764. The van der Waals surface area contributed by atoms with Gasteiger partial charge in [-0.1, -0.05) is 7.60 Å². The largest absolute Gasteiger partial charge is 1.00 e. The Kier molecular flexibility index (Phi) is 14.7. The van der Waals surface area contributed by atoms with Crippen molar-refractivity contribution >= 4 is 15.2 Å². The van der Waals surface area contributed by atoms with E-state index in [1.54, 1.807) is 0 Å². The van der Waals surface area contributed by atoms with Crippen LogP contribution in [0.1, 0.15) is 0 Å². The van der Waals surface area contributed by atoms with Gasteiger partial charge in [-0.2, -0.15) is 0 Å². The van der Waals surface area contributed by atoms with Crippen LogP contribution in [0.15, 0.2) is 0 Å². The van der Waals surface area contributed by atoms with E-state index in [0.29, 0.717) is 4.90 Å². The van der Waals surface area contributed by atoms with Crippen molar-refractivity contribution in [2.24, 2.45) is 0 Å². The molecule has 86 valence electrons. The van der Waals surface area contributed by atoms with Crippen LogP contribution in [0.2, 0.25) is 0 Å². The van der Waals surface area contributed by atoms with Crippen LogP contribution in [0.3, 0.4) is 0 Å². The molecule has 12 heteroatoms. The minimum atomic E-state index is -4.87. The minimum Gasteiger partial charge on any atom is -0.810 e. The van der Waals surface area contributed by atoms with Crippen LogP contribution in [0.5, 0.6) is 0 Å². The molecule has 0 bridgehead atoms. The third-order valence-electron chi connectivity index (χ3n) is 1.17. The smallest absolute Gasteiger partial charge is 0.810 e. The van der Waals surface area contributed by atoms with Crippen molar-refractivity contribution in [1.82, 2.24) is 4.90 Å². The van der Waals surface area contributed by atoms with Crippen molar-refractivity contribution < 1.29 is 92.9 Å². The Morgan fingerprint density at radius 3 is 1.75 bits per heavy atom. The number of nitrogens with zero attached hydrogens (tertiary/aromatic N) is 1. The van der Waals surface area contributed by atoms with Gasteiger partial charge in [0.05, 0.1) is 6.61 Å². The Hall–Kier alpha value is 2.22. The molecule has 0 aromatic carbocycles. The molecule has 0 saturated carbocycles. The van der Waals surface area contributed by atoms with Crippen molar-refractivity contribution in [2.75, 3.05) is 25.7 Å². The summed E-state index contributed by atoms with van der Waals surface area (Å²) in [6, 6.07) is 0. The van der Waals surface area contributed by atoms with Crippen LogP contribution in [0.25, 0.3) is 0 Å². The van der Waals surface area contributed by atoms with Crippen LogP contribution >= 0.6 is 15.2 Å². The van der Waals surface area contributed by atoms with E-state index in [1.165, 1.54) is 0 Å². The number of aliphatic hydroxyl groups excluding tert-OH is 1. The van der Waals surface area contributed by atoms with Gasteiger partial charge in [0.2, 0.25) is 0 Å². The first kappa shape index (κ1) is 23.3. The molecule has 0 rings (SSSR count). The van der Waals surface area contributed by atoms with Gasteiger partial charge < -0.3 is 29.2 Å². The van der Waals surface area contributed by atoms with Crippen molar-refractivity contribution in [3.05, 3.63) is 0 Å². The van der Waals surface area contributed by atoms with Gasteiger partial charge in [0.25, 0.3) is 0 Å². The summed E-state index contributed by atoms with van der Waals surface area (Å²) in [5.74, 6) is 0. The summed E-state index contributed by atoms with van der Waals surface area (Å²) in [6.07, 6.45) is -1.86. The SMILES string of the molecule is O=P([O-])([O-])CN(CCO)CP(=O)(O)O.[Na+].[Na+]. The first-order valence-electron chi connectivity index (χ1n) is 3.53. The molecular formula is C4H11NNa2O7P2. The van der Waals surface area contributed by atoms with Gasteiger partial charge in [-0.25, -0.2) is 0 Å². The molecule has 0 atom stereocenters. The number of hydrogen-bond acceptors (Lipinski definition) is 6. The van der Waals surface area contributed by atoms with Crippen LogP contribution in [-0.4, -0.2) is 45.5 Å². The van der Waals surface area contributed by atoms with E-state index in [2.05, 4.69) is 0 Å². The Bertz CT molecular complexity index is 241. The predicted molar refractivity (Wildman–Crippen MR) is 43.2 cm³/mol. The fraction of sp³-hybridized carbons (Fsp3) is 1.00. The molecule has 0 aromatic rings. The van der Waals surface area contributed by atoms with Crippen LogP contribution in [0, 0.1) is 0 Å². The molecule has 8 nitrogen and oxygen atoms in total. The molecule has 0 amide bonds. The summed E-state index contributed by atoms with van der Waals surface area (Å²) >= 11 is 0. The molecule has 0 unspecified atom stereocenters. The maximum absolute atomic E-state index is 10.5. The maximum Gasteiger partial charge on any atom is 1.00 e. The first-order chi connectivity index (χ1) is 6.14. The van der Waals surface area contributed by atoms with E-state index in [4.69, 9.17) is 14.9 Å². The monoisotopic (exact) mass is 293 g/mol. The second kappa shape index (κ2) is 10.1. The van der Waals surface area contributed by atoms with Crippen molar-refractivity contribution in [2.45, 2.75) is 0 Å². The summed E-state index contributed by atoms with van der Waals surface area (Å²) in [7, 11) is -9.29. The Balaban J connectivity index is -0.000000845. The quantitative estimate of drug-likeness (QED) is 0.323. The number of hydrogen-bond donors (Lipinski definition) is 3. The van der Waals surface area contributed by atoms with Crippen molar-refractivity contribution in [1.29, 1.82) is 0 Å². The summed E-state index contributed by atoms with van der Waals surface area (Å²) in [5, 5.41) is 8.44. The normalized spacial score (nSPS) is 11.9. The molecule has 0 aromatic heterocycles. The molecule has 0 radical (unpaired) electrons. The molecule has 0 heterocycles. The topological polar surface area (TPSA) is 144 Å². The van der Waals surface area contributed by atoms with E-state index in [-0.39, 0.29) is 65.7 Å². The van der Waals surface area contributed by atoms with Crippen LogP contribution in [0.4, 0.5) is 0 Å². The molecule has 0 saturated heterocycles. The van der Waals surface area contributed by atoms with Gasteiger partial charge in [0.1, 0.15) is 6.29 Å². The Morgan fingerprint density at radius 2 is 1.50 bits per heavy atom.